The highest BCUT2D eigenvalue weighted by atomic mass is 79.9. The van der Waals surface area contributed by atoms with E-state index in [9.17, 15) is 9.59 Å². The number of carbonyl (C=O) groups is 2. The monoisotopic (exact) mass is 314 g/mol. The molecule has 0 bridgehead atoms. The largest absolute Gasteiger partial charge is 0.478 e. The first-order chi connectivity index (χ1) is 8.54. The molecule has 0 saturated heterocycles. The number of rotatable bonds is 7. The fourth-order valence-corrected chi connectivity index (χ4v) is 1.92. The van der Waals surface area contributed by atoms with Crippen molar-refractivity contribution in [2.75, 3.05) is 6.61 Å². The Morgan fingerprint density at radius 1 is 1.39 bits per heavy atom. The topological polar surface area (TPSA) is 63.6 Å². The molecular weight excluding hydrogens is 300 g/mol. The van der Waals surface area contributed by atoms with Crippen molar-refractivity contribution in [2.45, 2.75) is 26.4 Å². The number of hydrogen-bond donors (Lipinski definition) is 1. The van der Waals surface area contributed by atoms with Crippen molar-refractivity contribution in [3.8, 4) is 0 Å². The van der Waals surface area contributed by atoms with Gasteiger partial charge in [0.1, 0.15) is 6.61 Å². The molecule has 1 aromatic rings. The molecule has 0 aromatic heterocycles. The molecule has 0 aliphatic rings. The van der Waals surface area contributed by atoms with Crippen LogP contribution in [0.15, 0.2) is 22.7 Å². The molecule has 98 valence electrons. The predicted octanol–water partition coefficient (Wildman–Crippen LogP) is 3.03. The normalized spacial score (nSPS) is 10.3. The fourth-order valence-electron chi connectivity index (χ4n) is 1.52. The van der Waals surface area contributed by atoms with Crippen LogP contribution in [0.4, 0.5) is 0 Å². The molecule has 0 radical (unpaired) electrons. The van der Waals surface area contributed by atoms with Gasteiger partial charge in [0.15, 0.2) is 5.78 Å². The first-order valence-electron chi connectivity index (χ1n) is 5.65. The number of carbonyl (C=O) groups excluding carboxylic acids is 1. The second kappa shape index (κ2) is 7.28. The van der Waals surface area contributed by atoms with Crippen molar-refractivity contribution >= 4 is 27.7 Å². The fraction of sp³-hybridized carbons (Fsp3) is 0.385. The molecule has 1 rings (SSSR count). The molecule has 4 nitrogen and oxygen atoms in total. The van der Waals surface area contributed by atoms with E-state index in [0.29, 0.717) is 12.0 Å². The number of ketones is 1. The molecule has 0 aliphatic carbocycles. The molecule has 5 heteroatoms. The van der Waals surface area contributed by atoms with E-state index < -0.39 is 5.97 Å². The van der Waals surface area contributed by atoms with Crippen molar-refractivity contribution in [2.24, 2.45) is 0 Å². The molecule has 1 N–H and O–H groups in total. The maximum Gasteiger partial charge on any atom is 0.336 e. The zero-order valence-corrected chi connectivity index (χ0v) is 11.7. The molecule has 0 atom stereocenters. The zero-order chi connectivity index (χ0) is 13.5. The van der Waals surface area contributed by atoms with Gasteiger partial charge in [0.2, 0.25) is 0 Å². The Bertz CT molecular complexity index is 443. The third kappa shape index (κ3) is 4.58. The highest BCUT2D eigenvalue weighted by Gasteiger charge is 2.11. The number of hydrogen-bond acceptors (Lipinski definition) is 3. The first-order valence-corrected chi connectivity index (χ1v) is 6.45. The van der Waals surface area contributed by atoms with Gasteiger partial charge in [-0.15, -0.1) is 0 Å². The van der Waals surface area contributed by atoms with E-state index in [0.717, 1.165) is 10.9 Å². The van der Waals surface area contributed by atoms with Gasteiger partial charge in [-0.1, -0.05) is 22.9 Å². The van der Waals surface area contributed by atoms with E-state index in [1.54, 1.807) is 12.1 Å². The first kappa shape index (κ1) is 14.9. The number of benzene rings is 1. The van der Waals surface area contributed by atoms with E-state index in [2.05, 4.69) is 15.9 Å². The van der Waals surface area contributed by atoms with Gasteiger partial charge in [-0.05, 0) is 30.2 Å². The van der Waals surface area contributed by atoms with E-state index in [1.807, 2.05) is 6.92 Å². The molecule has 0 fully saturated rings. The third-order valence-corrected chi connectivity index (χ3v) is 2.84. The van der Waals surface area contributed by atoms with Gasteiger partial charge in [-0.2, -0.15) is 0 Å². The van der Waals surface area contributed by atoms with Gasteiger partial charge in [0.25, 0.3) is 0 Å². The summed E-state index contributed by atoms with van der Waals surface area (Å²) in [5.74, 6) is -0.967. The molecule has 0 aliphatic heterocycles. The van der Waals surface area contributed by atoms with Gasteiger partial charge >= 0.3 is 5.97 Å². The quantitative estimate of drug-likeness (QED) is 0.840. The number of halogens is 1. The highest BCUT2D eigenvalue weighted by Crippen LogP contribution is 2.17. The number of carboxylic acid groups (broad SMARTS) is 1. The maximum atomic E-state index is 11.3. The van der Waals surface area contributed by atoms with Gasteiger partial charge in [0, 0.05) is 10.9 Å². The minimum absolute atomic E-state index is 0.0272. The lowest BCUT2D eigenvalue weighted by molar-refractivity contribution is -0.124. The zero-order valence-electron chi connectivity index (χ0n) is 10.1. The lowest BCUT2D eigenvalue weighted by Crippen LogP contribution is -2.10. The van der Waals surface area contributed by atoms with E-state index in [1.165, 1.54) is 6.07 Å². The molecule has 0 heterocycles. The molecule has 0 unspecified atom stereocenters. The lowest BCUT2D eigenvalue weighted by atomic mass is 10.1. The van der Waals surface area contributed by atoms with Crippen LogP contribution in [0.1, 0.15) is 35.7 Å². The summed E-state index contributed by atoms with van der Waals surface area (Å²) in [6.07, 6.45) is 1.28. The Hall–Kier alpha value is -1.20. The standard InChI is InChI=1S/C13H15BrO4/c1-2-3-11(15)8-18-7-9-6-10(14)4-5-12(9)13(16)17/h4-6H,2-3,7-8H2,1H3,(H,16,17). The predicted molar refractivity (Wildman–Crippen MR) is 70.7 cm³/mol. The summed E-state index contributed by atoms with van der Waals surface area (Å²) in [6, 6.07) is 4.86. The number of ether oxygens (including phenoxy) is 1. The number of carboxylic acids is 1. The van der Waals surface area contributed by atoms with Crippen LogP contribution >= 0.6 is 15.9 Å². The highest BCUT2D eigenvalue weighted by molar-refractivity contribution is 9.10. The molecule has 18 heavy (non-hydrogen) atoms. The Labute approximate surface area is 114 Å². The smallest absolute Gasteiger partial charge is 0.336 e. The molecule has 0 amide bonds. The van der Waals surface area contributed by atoms with Crippen molar-refractivity contribution in [3.63, 3.8) is 0 Å². The molecule has 0 spiro atoms. The summed E-state index contributed by atoms with van der Waals surface area (Å²) in [4.78, 5) is 22.3. The Morgan fingerprint density at radius 3 is 2.72 bits per heavy atom. The minimum Gasteiger partial charge on any atom is -0.478 e. The van der Waals surface area contributed by atoms with Crippen molar-refractivity contribution in [1.82, 2.24) is 0 Å². The molecule has 1 aromatic carbocycles. The van der Waals surface area contributed by atoms with Crippen LogP contribution in [0, 0.1) is 0 Å². The Morgan fingerprint density at radius 2 is 2.11 bits per heavy atom. The van der Waals surface area contributed by atoms with Crippen LogP contribution in [0.2, 0.25) is 0 Å². The second-order valence-electron chi connectivity index (χ2n) is 3.89. The average Bonchev–Trinajstić information content (AvgIpc) is 2.29. The van der Waals surface area contributed by atoms with E-state index >= 15 is 0 Å². The van der Waals surface area contributed by atoms with Crippen molar-refractivity contribution < 1.29 is 19.4 Å². The van der Waals surface area contributed by atoms with Gasteiger partial charge in [-0.25, -0.2) is 4.79 Å². The number of Topliss-reactive ketones (excluding diaryl/α,β-unsaturated/α-hetero) is 1. The maximum absolute atomic E-state index is 11.3. The van der Waals surface area contributed by atoms with Crippen LogP contribution < -0.4 is 0 Å². The summed E-state index contributed by atoms with van der Waals surface area (Å²) in [7, 11) is 0. The van der Waals surface area contributed by atoms with Crippen LogP contribution in [-0.2, 0) is 16.1 Å². The third-order valence-electron chi connectivity index (χ3n) is 2.35. The summed E-state index contributed by atoms with van der Waals surface area (Å²) in [6.45, 7) is 2.07. The van der Waals surface area contributed by atoms with Crippen LogP contribution in [0.3, 0.4) is 0 Å². The van der Waals surface area contributed by atoms with Crippen LogP contribution in [0.5, 0.6) is 0 Å². The van der Waals surface area contributed by atoms with Gasteiger partial charge in [0.05, 0.1) is 12.2 Å². The average molecular weight is 315 g/mol. The second-order valence-corrected chi connectivity index (χ2v) is 4.80. The van der Waals surface area contributed by atoms with E-state index in [-0.39, 0.29) is 24.6 Å². The van der Waals surface area contributed by atoms with Crippen LogP contribution in [-0.4, -0.2) is 23.5 Å². The SMILES string of the molecule is CCCC(=O)COCc1cc(Br)ccc1C(=O)O. The minimum atomic E-state index is -0.999. The Kier molecular flexibility index (Phi) is 6.01. The van der Waals surface area contributed by atoms with Crippen molar-refractivity contribution in [1.29, 1.82) is 0 Å². The van der Waals surface area contributed by atoms with Gasteiger partial charge < -0.3 is 9.84 Å². The Balaban J connectivity index is 2.63. The summed E-state index contributed by atoms with van der Waals surface area (Å²) in [5.41, 5.74) is 0.752. The van der Waals surface area contributed by atoms with Crippen LogP contribution in [0.25, 0.3) is 0 Å². The van der Waals surface area contributed by atoms with E-state index in [4.69, 9.17) is 9.84 Å². The van der Waals surface area contributed by atoms with Gasteiger partial charge in [-0.3, -0.25) is 4.79 Å². The summed E-state index contributed by atoms with van der Waals surface area (Å²) >= 11 is 3.28. The molecule has 0 saturated carbocycles. The lowest BCUT2D eigenvalue weighted by Gasteiger charge is -2.07. The summed E-state index contributed by atoms with van der Waals surface area (Å²) < 4.78 is 6.03. The number of aromatic carboxylic acids is 1. The molecular formula is C13H15BrO4. The van der Waals surface area contributed by atoms with Crippen molar-refractivity contribution in [3.05, 3.63) is 33.8 Å². The summed E-state index contributed by atoms with van der Waals surface area (Å²) in [5, 5.41) is 9.01.